The Morgan fingerprint density at radius 1 is 1.12 bits per heavy atom. The SMILES string of the molecule is O=[PH](O)O[PH](=O)O.OCc1ccc(Cl)cc1. The second kappa shape index (κ2) is 8.90. The van der Waals surface area contributed by atoms with E-state index in [9.17, 15) is 9.13 Å². The molecule has 0 amide bonds. The largest absolute Gasteiger partial charge is 0.392 e. The molecule has 1 rings (SSSR count). The summed E-state index contributed by atoms with van der Waals surface area (Å²) in [6.45, 7) is 0.0805. The molecule has 0 aliphatic carbocycles. The average Bonchev–Trinajstić information content (AvgIpc) is 2.17. The molecule has 0 saturated heterocycles. The van der Waals surface area contributed by atoms with Crippen LogP contribution in [-0.4, -0.2) is 14.9 Å². The first-order chi connectivity index (χ1) is 7.45. The lowest BCUT2D eigenvalue weighted by molar-refractivity contribution is 0.282. The molecular weight excluding hydrogens is 277 g/mol. The normalized spacial score (nSPS) is 13.5. The predicted molar refractivity (Wildman–Crippen MR) is 60.9 cm³/mol. The van der Waals surface area contributed by atoms with Crippen molar-refractivity contribution in [3.63, 3.8) is 0 Å². The molecular formula is C7H11ClO6P2. The van der Waals surface area contributed by atoms with E-state index in [-0.39, 0.29) is 6.61 Å². The van der Waals surface area contributed by atoms with Crippen LogP contribution in [0.2, 0.25) is 5.02 Å². The van der Waals surface area contributed by atoms with E-state index in [1.807, 2.05) is 0 Å². The third-order valence-electron chi connectivity index (χ3n) is 1.27. The summed E-state index contributed by atoms with van der Waals surface area (Å²) >= 11 is 5.59. The summed E-state index contributed by atoms with van der Waals surface area (Å²) in [7, 11) is -6.40. The predicted octanol–water partition coefficient (Wildman–Crippen LogP) is 1.60. The summed E-state index contributed by atoms with van der Waals surface area (Å²) in [4.78, 5) is 15.4. The van der Waals surface area contributed by atoms with Crippen LogP contribution >= 0.6 is 28.1 Å². The van der Waals surface area contributed by atoms with Gasteiger partial charge in [0.1, 0.15) is 0 Å². The number of rotatable bonds is 3. The molecule has 2 unspecified atom stereocenters. The number of hydrogen-bond acceptors (Lipinski definition) is 4. The summed E-state index contributed by atoms with van der Waals surface area (Å²) in [6, 6.07) is 7.10. The third kappa shape index (κ3) is 9.07. The quantitative estimate of drug-likeness (QED) is 0.730. The monoisotopic (exact) mass is 288 g/mol. The lowest BCUT2D eigenvalue weighted by atomic mass is 10.2. The maximum Gasteiger partial charge on any atom is 0.323 e. The lowest BCUT2D eigenvalue weighted by Crippen LogP contribution is -1.79. The van der Waals surface area contributed by atoms with Crippen LogP contribution in [0.1, 0.15) is 5.56 Å². The van der Waals surface area contributed by atoms with Gasteiger partial charge >= 0.3 is 16.5 Å². The van der Waals surface area contributed by atoms with Gasteiger partial charge in [-0.15, -0.1) is 0 Å². The standard InChI is InChI=1S/C7H7ClO.H4O5P2/c8-7-3-1-6(5-9)2-4-7;1-6(2)5-7(3)4/h1-4,9H,5H2;6-7H,(H,1,2)(H,3,4). The van der Waals surface area contributed by atoms with Gasteiger partial charge < -0.3 is 14.9 Å². The van der Waals surface area contributed by atoms with E-state index in [4.69, 9.17) is 26.5 Å². The van der Waals surface area contributed by atoms with Gasteiger partial charge in [-0.3, -0.25) is 9.13 Å². The zero-order valence-electron chi connectivity index (χ0n) is 7.96. The molecule has 2 atom stereocenters. The van der Waals surface area contributed by atoms with Crippen LogP contribution in [0.15, 0.2) is 24.3 Å². The number of benzene rings is 1. The van der Waals surface area contributed by atoms with Crippen molar-refractivity contribution in [1.82, 2.24) is 0 Å². The summed E-state index contributed by atoms with van der Waals surface area (Å²) < 4.78 is 22.3. The van der Waals surface area contributed by atoms with Crippen molar-refractivity contribution in [2.75, 3.05) is 0 Å². The molecule has 0 fully saturated rings. The van der Waals surface area contributed by atoms with Crippen molar-refractivity contribution in [2.24, 2.45) is 0 Å². The molecule has 0 spiro atoms. The fourth-order valence-corrected chi connectivity index (χ4v) is 1.39. The summed E-state index contributed by atoms with van der Waals surface area (Å²) in [5, 5.41) is 9.29. The van der Waals surface area contributed by atoms with Crippen molar-refractivity contribution in [2.45, 2.75) is 6.61 Å². The Kier molecular flexibility index (Phi) is 8.80. The van der Waals surface area contributed by atoms with Crippen molar-refractivity contribution < 1.29 is 28.3 Å². The van der Waals surface area contributed by atoms with Crippen molar-refractivity contribution in [1.29, 1.82) is 0 Å². The van der Waals surface area contributed by atoms with Gasteiger partial charge in [0.2, 0.25) is 0 Å². The Morgan fingerprint density at radius 2 is 1.56 bits per heavy atom. The van der Waals surface area contributed by atoms with Crippen LogP contribution in [0.3, 0.4) is 0 Å². The number of halogens is 1. The Bertz CT molecular complexity index is 342. The van der Waals surface area contributed by atoms with E-state index in [0.717, 1.165) is 5.56 Å². The van der Waals surface area contributed by atoms with E-state index in [1.54, 1.807) is 24.3 Å². The van der Waals surface area contributed by atoms with Gasteiger partial charge in [0.15, 0.2) is 0 Å². The highest BCUT2D eigenvalue weighted by atomic mass is 35.5. The maximum absolute atomic E-state index is 9.44. The van der Waals surface area contributed by atoms with Gasteiger partial charge in [-0.05, 0) is 17.7 Å². The van der Waals surface area contributed by atoms with E-state index in [2.05, 4.69) is 4.31 Å². The highest BCUT2D eigenvalue weighted by Crippen LogP contribution is 2.30. The Labute approximate surface area is 98.4 Å². The van der Waals surface area contributed by atoms with Crippen LogP contribution in [-0.2, 0) is 20.0 Å². The minimum atomic E-state index is -3.20. The van der Waals surface area contributed by atoms with E-state index in [1.165, 1.54) is 0 Å². The maximum atomic E-state index is 9.44. The van der Waals surface area contributed by atoms with Gasteiger partial charge in [-0.2, -0.15) is 0 Å². The molecule has 92 valence electrons. The smallest absolute Gasteiger partial charge is 0.323 e. The van der Waals surface area contributed by atoms with Crippen LogP contribution in [0, 0.1) is 0 Å². The van der Waals surface area contributed by atoms with E-state index < -0.39 is 16.5 Å². The molecule has 0 aromatic heterocycles. The second-order valence-corrected chi connectivity index (χ2v) is 4.74. The topological polar surface area (TPSA) is 104 Å². The lowest BCUT2D eigenvalue weighted by Gasteiger charge is -1.92. The highest BCUT2D eigenvalue weighted by Gasteiger charge is 1.93. The van der Waals surface area contributed by atoms with Gasteiger partial charge in [-0.1, -0.05) is 23.7 Å². The van der Waals surface area contributed by atoms with Crippen molar-refractivity contribution in [3.05, 3.63) is 34.9 Å². The third-order valence-corrected chi connectivity index (χ3v) is 2.92. The van der Waals surface area contributed by atoms with Crippen LogP contribution < -0.4 is 0 Å². The Morgan fingerprint density at radius 3 is 1.81 bits per heavy atom. The van der Waals surface area contributed by atoms with Gasteiger partial charge in [0.25, 0.3) is 0 Å². The molecule has 1 aromatic rings. The fraction of sp³-hybridized carbons (Fsp3) is 0.143. The highest BCUT2D eigenvalue weighted by molar-refractivity contribution is 7.46. The minimum Gasteiger partial charge on any atom is -0.392 e. The van der Waals surface area contributed by atoms with Crippen LogP contribution in [0.25, 0.3) is 0 Å². The van der Waals surface area contributed by atoms with E-state index in [0.29, 0.717) is 5.02 Å². The van der Waals surface area contributed by atoms with Crippen molar-refractivity contribution >= 4 is 28.1 Å². The van der Waals surface area contributed by atoms with E-state index >= 15 is 0 Å². The summed E-state index contributed by atoms with van der Waals surface area (Å²) in [6.07, 6.45) is 0. The molecule has 0 bridgehead atoms. The molecule has 16 heavy (non-hydrogen) atoms. The number of hydrogen-bond donors (Lipinski definition) is 3. The van der Waals surface area contributed by atoms with Gasteiger partial charge in [0, 0.05) is 5.02 Å². The first kappa shape index (κ1) is 15.8. The molecule has 6 nitrogen and oxygen atoms in total. The second-order valence-electron chi connectivity index (χ2n) is 2.42. The molecule has 0 heterocycles. The molecule has 0 saturated carbocycles. The van der Waals surface area contributed by atoms with Crippen molar-refractivity contribution in [3.8, 4) is 0 Å². The van der Waals surface area contributed by atoms with Gasteiger partial charge in [-0.25, -0.2) is 4.31 Å². The van der Waals surface area contributed by atoms with Gasteiger partial charge in [0.05, 0.1) is 6.61 Å². The molecule has 9 heteroatoms. The first-order valence-electron chi connectivity index (χ1n) is 3.94. The minimum absolute atomic E-state index is 0.0805. The Balaban J connectivity index is 0.000000293. The molecule has 0 aliphatic heterocycles. The number of aliphatic hydroxyl groups excluding tert-OH is 1. The fourth-order valence-electron chi connectivity index (χ4n) is 0.665. The molecule has 0 radical (unpaired) electrons. The zero-order chi connectivity index (χ0) is 12.6. The van der Waals surface area contributed by atoms with Crippen LogP contribution in [0.5, 0.6) is 0 Å². The number of aliphatic hydroxyl groups is 1. The molecule has 1 aromatic carbocycles. The summed E-state index contributed by atoms with van der Waals surface area (Å²) in [5.41, 5.74) is 0.888. The first-order valence-corrected chi connectivity index (χ1v) is 6.85. The average molecular weight is 289 g/mol. The molecule has 0 aliphatic rings. The molecule has 3 N–H and O–H groups in total. The summed E-state index contributed by atoms with van der Waals surface area (Å²) in [5.74, 6) is 0. The Hall–Kier alpha value is -0.190. The zero-order valence-corrected chi connectivity index (χ0v) is 10.7. The van der Waals surface area contributed by atoms with Crippen LogP contribution in [0.4, 0.5) is 0 Å².